The summed E-state index contributed by atoms with van der Waals surface area (Å²) < 4.78 is 48.7. The van der Waals surface area contributed by atoms with Gasteiger partial charge in [0.1, 0.15) is 21.6 Å². The largest absolute Gasteiger partial charge is 1.00 e. The Bertz CT molecular complexity index is 2060. The van der Waals surface area contributed by atoms with E-state index in [2.05, 4.69) is 51.9 Å². The van der Waals surface area contributed by atoms with Crippen LogP contribution in [0.15, 0.2) is 127 Å². The summed E-state index contributed by atoms with van der Waals surface area (Å²) in [6.07, 6.45) is 3.29. The van der Waals surface area contributed by atoms with Gasteiger partial charge in [0.05, 0.1) is 19.5 Å². The van der Waals surface area contributed by atoms with Gasteiger partial charge in [-0.05, 0) is 97.3 Å². The maximum atomic E-state index is 11.9. The van der Waals surface area contributed by atoms with Crippen LogP contribution in [0.25, 0.3) is 32.9 Å². The zero-order valence-electron chi connectivity index (χ0n) is 27.0. The number of allylic oxidation sites excluding steroid dienone is 1. The molecule has 234 valence electrons. The first-order chi connectivity index (χ1) is 22.3. The zero-order valence-corrected chi connectivity index (χ0v) is 29.8. The van der Waals surface area contributed by atoms with Crippen molar-refractivity contribution in [3.63, 3.8) is 0 Å². The van der Waals surface area contributed by atoms with E-state index in [1.165, 1.54) is 6.08 Å². The summed E-state index contributed by atoms with van der Waals surface area (Å²) >= 11 is 0. The zero-order chi connectivity index (χ0) is 32.3. The van der Waals surface area contributed by atoms with Crippen molar-refractivity contribution in [1.29, 1.82) is 0 Å². The van der Waals surface area contributed by atoms with Crippen LogP contribution in [0, 0.1) is 0 Å². The van der Waals surface area contributed by atoms with E-state index in [1.807, 2.05) is 72.8 Å². The van der Waals surface area contributed by atoms with E-state index in [-0.39, 0.29) is 36.0 Å². The fourth-order valence-corrected chi connectivity index (χ4v) is 6.83. The number of fused-ring (bicyclic) bond motifs is 3. The number of para-hydroxylation sites is 1. The number of anilines is 3. The van der Waals surface area contributed by atoms with Gasteiger partial charge in [-0.1, -0.05) is 54.6 Å². The van der Waals surface area contributed by atoms with Crippen molar-refractivity contribution in [2.45, 2.75) is 25.1 Å². The second kappa shape index (κ2) is 14.8. The molecule has 0 saturated carbocycles. The Balaban J connectivity index is 0.00000433. The third-order valence-electron chi connectivity index (χ3n) is 8.31. The Hall–Kier alpha value is -4.05. The molecule has 7 nitrogen and oxygen atoms in total. The number of ether oxygens (including phenoxy) is 2. The van der Waals surface area contributed by atoms with E-state index in [1.54, 1.807) is 27.2 Å². The smallest absolute Gasteiger partial charge is 0.747 e. The third kappa shape index (κ3) is 7.12. The van der Waals surface area contributed by atoms with Crippen molar-refractivity contribution in [3.05, 3.63) is 127 Å². The van der Waals surface area contributed by atoms with Gasteiger partial charge in [0.25, 0.3) is 0 Å². The molecule has 1 heterocycles. The van der Waals surface area contributed by atoms with E-state index in [4.69, 9.17) is 9.47 Å². The Kier molecular flexibility index (Phi) is 10.8. The third-order valence-corrected chi connectivity index (χ3v) is 9.44. The average Bonchev–Trinajstić information content (AvgIpc) is 3.41. The SMILES string of the molecule is C/C=C/C(CCn1c2ccccc2c2c(-c3ccc(N(c4ccc(OC)cc4)c4ccc(OC)cc4)cc3)cccc21)S(=O)(=O)[O-].[Na+]. The van der Waals surface area contributed by atoms with Gasteiger partial charge in [0.15, 0.2) is 0 Å². The van der Waals surface area contributed by atoms with Crippen LogP contribution in [0.2, 0.25) is 0 Å². The van der Waals surface area contributed by atoms with E-state index in [0.29, 0.717) is 6.54 Å². The van der Waals surface area contributed by atoms with Gasteiger partial charge in [-0.2, -0.15) is 0 Å². The van der Waals surface area contributed by atoms with Crippen molar-refractivity contribution in [1.82, 2.24) is 4.57 Å². The van der Waals surface area contributed by atoms with Gasteiger partial charge in [-0.3, -0.25) is 0 Å². The molecule has 0 amide bonds. The Morgan fingerprint density at radius 2 is 1.28 bits per heavy atom. The Labute approximate surface area is 298 Å². The minimum atomic E-state index is -4.46. The first-order valence-corrected chi connectivity index (χ1v) is 16.6. The summed E-state index contributed by atoms with van der Waals surface area (Å²) in [6, 6.07) is 38.7. The maximum absolute atomic E-state index is 11.9. The van der Waals surface area contributed by atoms with E-state index in [9.17, 15) is 13.0 Å². The molecular weight excluding hydrogens is 619 g/mol. The van der Waals surface area contributed by atoms with Crippen molar-refractivity contribution >= 4 is 49.0 Å². The van der Waals surface area contributed by atoms with Gasteiger partial charge >= 0.3 is 29.6 Å². The molecule has 1 atom stereocenters. The van der Waals surface area contributed by atoms with Gasteiger partial charge in [-0.15, -0.1) is 0 Å². The van der Waals surface area contributed by atoms with Crippen molar-refractivity contribution < 1.29 is 52.0 Å². The number of benzene rings is 5. The van der Waals surface area contributed by atoms with Crippen LogP contribution in [-0.4, -0.2) is 37.0 Å². The number of hydrogen-bond acceptors (Lipinski definition) is 6. The van der Waals surface area contributed by atoms with Crippen LogP contribution >= 0.6 is 0 Å². The second-order valence-corrected chi connectivity index (χ2v) is 12.6. The molecular formula is C38H35N2NaO5S. The number of rotatable bonds is 11. The molecule has 9 heteroatoms. The topological polar surface area (TPSA) is 83.8 Å². The summed E-state index contributed by atoms with van der Waals surface area (Å²) in [5, 5.41) is 1.08. The molecule has 0 saturated heterocycles. The molecule has 1 unspecified atom stereocenters. The molecule has 6 rings (SSSR count). The van der Waals surface area contributed by atoms with Crippen LogP contribution in [0.1, 0.15) is 13.3 Å². The standard InChI is InChI=1S/C38H36N2O5S.Na/c1-4-8-33(46(41,42)43)25-26-39-36-11-6-5-9-35(36)38-34(10-7-12-37(38)39)27-13-15-28(16-14-27)40(29-17-21-31(44-2)22-18-29)30-19-23-32(45-3)24-20-30;/h4-24,33H,25-26H2,1-3H3,(H,41,42,43);/q;+1/p-1/b8-4+;. The Morgan fingerprint density at radius 3 is 1.81 bits per heavy atom. The first-order valence-electron chi connectivity index (χ1n) is 15.1. The molecule has 0 fully saturated rings. The monoisotopic (exact) mass is 654 g/mol. The summed E-state index contributed by atoms with van der Waals surface area (Å²) in [5.74, 6) is 1.57. The Morgan fingerprint density at radius 1 is 0.745 bits per heavy atom. The fraction of sp³-hybridized carbons (Fsp3) is 0.158. The van der Waals surface area contributed by atoms with E-state index >= 15 is 0 Å². The first kappa shape index (κ1) is 34.3. The quantitative estimate of drug-likeness (QED) is 0.0994. The predicted molar refractivity (Wildman–Crippen MR) is 186 cm³/mol. The molecule has 47 heavy (non-hydrogen) atoms. The minimum absolute atomic E-state index is 0. The summed E-state index contributed by atoms with van der Waals surface area (Å²) in [6.45, 7) is 2.12. The molecule has 5 aromatic carbocycles. The summed E-state index contributed by atoms with van der Waals surface area (Å²) in [4.78, 5) is 2.18. The number of methoxy groups -OCH3 is 2. The second-order valence-electron chi connectivity index (χ2n) is 11.0. The molecule has 0 N–H and O–H groups in total. The van der Waals surface area contributed by atoms with Crippen LogP contribution in [0.3, 0.4) is 0 Å². The molecule has 0 radical (unpaired) electrons. The van der Waals surface area contributed by atoms with Gasteiger partial charge in [0, 0.05) is 45.4 Å². The van der Waals surface area contributed by atoms with Crippen LogP contribution in [0.4, 0.5) is 17.1 Å². The minimum Gasteiger partial charge on any atom is -0.747 e. The van der Waals surface area contributed by atoms with Crippen molar-refractivity contribution in [2.75, 3.05) is 19.1 Å². The maximum Gasteiger partial charge on any atom is 1.00 e. The number of aromatic nitrogens is 1. The number of aryl methyl sites for hydroxylation is 1. The van der Waals surface area contributed by atoms with Crippen molar-refractivity contribution in [2.24, 2.45) is 0 Å². The molecule has 0 aliphatic carbocycles. The summed E-state index contributed by atoms with van der Waals surface area (Å²) in [7, 11) is -1.15. The summed E-state index contributed by atoms with van der Waals surface area (Å²) in [5.41, 5.74) is 7.07. The normalized spacial score (nSPS) is 12.3. The van der Waals surface area contributed by atoms with Gasteiger partial charge in [-0.25, -0.2) is 8.42 Å². The average molecular weight is 655 g/mol. The number of hydrogen-bond donors (Lipinski definition) is 0. The molecule has 0 spiro atoms. The van der Waals surface area contributed by atoms with Crippen molar-refractivity contribution in [3.8, 4) is 22.6 Å². The van der Waals surface area contributed by atoms with Crippen LogP contribution < -0.4 is 43.9 Å². The van der Waals surface area contributed by atoms with E-state index < -0.39 is 15.4 Å². The van der Waals surface area contributed by atoms with Crippen LogP contribution in [0.5, 0.6) is 11.5 Å². The fourth-order valence-electron chi connectivity index (χ4n) is 6.09. The van der Waals surface area contributed by atoms with Gasteiger partial charge in [0.2, 0.25) is 0 Å². The molecule has 1 aromatic heterocycles. The van der Waals surface area contributed by atoms with Crippen LogP contribution in [-0.2, 0) is 16.7 Å². The molecule has 0 aliphatic heterocycles. The van der Waals surface area contributed by atoms with Gasteiger partial charge < -0.3 is 23.5 Å². The molecule has 0 bridgehead atoms. The van der Waals surface area contributed by atoms with E-state index in [0.717, 1.165) is 61.5 Å². The molecule has 6 aromatic rings. The predicted octanol–water partition coefficient (Wildman–Crippen LogP) is 5.83. The molecule has 0 aliphatic rings. The number of nitrogens with zero attached hydrogens (tertiary/aromatic N) is 2.